The summed E-state index contributed by atoms with van der Waals surface area (Å²) < 4.78 is 36.4. The number of aromatic carboxylic acids is 1. The van der Waals surface area contributed by atoms with Crippen LogP contribution in [0.2, 0.25) is 0 Å². The molecule has 3 N–H and O–H groups in total. The summed E-state index contributed by atoms with van der Waals surface area (Å²) in [6.07, 6.45) is -0.137. The zero-order valence-electron chi connectivity index (χ0n) is 11.1. The Hall–Kier alpha value is -1.52. The van der Waals surface area contributed by atoms with E-state index < -0.39 is 39.4 Å². The minimum absolute atomic E-state index is 0.108. The summed E-state index contributed by atoms with van der Waals surface area (Å²) in [5.74, 6) is -3.85. The van der Waals surface area contributed by atoms with E-state index in [1.54, 1.807) is 0 Å². The predicted molar refractivity (Wildman–Crippen MR) is 79.5 cm³/mol. The van der Waals surface area contributed by atoms with Crippen molar-refractivity contribution >= 4 is 43.5 Å². The summed E-state index contributed by atoms with van der Waals surface area (Å²) in [5, 5.41) is 14.2. The van der Waals surface area contributed by atoms with Gasteiger partial charge in [0.05, 0.1) is 11.4 Å². The van der Waals surface area contributed by atoms with Crippen molar-refractivity contribution in [1.29, 1.82) is 0 Å². The van der Waals surface area contributed by atoms with Gasteiger partial charge in [0.25, 0.3) is 0 Å². The SMILES string of the molecule is NS(=O)(=O)CC1CC(=O)N(c2c(F)ccc(Br)c2C(=O)O)C1. The van der Waals surface area contributed by atoms with Gasteiger partial charge >= 0.3 is 5.97 Å². The lowest BCUT2D eigenvalue weighted by Crippen LogP contribution is -2.29. The highest BCUT2D eigenvalue weighted by Crippen LogP contribution is 2.35. The number of carbonyl (C=O) groups excluding carboxylic acids is 1. The number of halogens is 2. The Morgan fingerprint density at radius 2 is 2.14 bits per heavy atom. The number of carbonyl (C=O) groups is 2. The molecule has 1 aromatic rings. The fourth-order valence-corrected chi connectivity index (χ4v) is 3.82. The van der Waals surface area contributed by atoms with Gasteiger partial charge in [0.15, 0.2) is 0 Å². The molecule has 0 bridgehead atoms. The van der Waals surface area contributed by atoms with E-state index in [9.17, 15) is 27.5 Å². The van der Waals surface area contributed by atoms with Gasteiger partial charge in [-0.2, -0.15) is 0 Å². The van der Waals surface area contributed by atoms with Crippen molar-refractivity contribution in [3.63, 3.8) is 0 Å². The van der Waals surface area contributed by atoms with Gasteiger partial charge in [-0.1, -0.05) is 0 Å². The highest BCUT2D eigenvalue weighted by atomic mass is 79.9. The molecule has 22 heavy (non-hydrogen) atoms. The Labute approximate surface area is 134 Å². The second kappa shape index (κ2) is 5.94. The van der Waals surface area contributed by atoms with Gasteiger partial charge in [0, 0.05) is 23.4 Å². The first kappa shape index (κ1) is 16.8. The quantitative estimate of drug-likeness (QED) is 0.787. The van der Waals surface area contributed by atoms with E-state index in [1.807, 2.05) is 0 Å². The molecule has 0 aromatic heterocycles. The fraction of sp³-hybridized carbons (Fsp3) is 0.333. The van der Waals surface area contributed by atoms with Gasteiger partial charge in [-0.25, -0.2) is 22.7 Å². The maximum absolute atomic E-state index is 14.1. The number of nitrogens with zero attached hydrogens (tertiary/aromatic N) is 1. The number of rotatable bonds is 4. The normalized spacial score (nSPS) is 18.8. The molecule has 10 heteroatoms. The minimum Gasteiger partial charge on any atom is -0.478 e. The van der Waals surface area contributed by atoms with Crippen LogP contribution in [0.5, 0.6) is 0 Å². The van der Waals surface area contributed by atoms with E-state index in [0.29, 0.717) is 0 Å². The molecule has 1 aliphatic rings. The molecule has 2 rings (SSSR count). The van der Waals surface area contributed by atoms with Crippen molar-refractivity contribution in [2.75, 3.05) is 17.2 Å². The molecular formula is C12H12BrFN2O5S. The van der Waals surface area contributed by atoms with Gasteiger partial charge in [0.1, 0.15) is 11.4 Å². The number of carboxylic acids is 1. The van der Waals surface area contributed by atoms with Crippen LogP contribution in [0.15, 0.2) is 16.6 Å². The molecule has 1 fully saturated rings. The van der Waals surface area contributed by atoms with Crippen LogP contribution in [-0.4, -0.2) is 37.7 Å². The molecule has 1 aliphatic heterocycles. The van der Waals surface area contributed by atoms with Gasteiger partial charge in [-0.3, -0.25) is 4.79 Å². The van der Waals surface area contributed by atoms with Crippen molar-refractivity contribution < 1.29 is 27.5 Å². The second-order valence-electron chi connectivity index (χ2n) is 4.96. The van der Waals surface area contributed by atoms with Crippen LogP contribution in [0.25, 0.3) is 0 Å². The van der Waals surface area contributed by atoms with E-state index >= 15 is 0 Å². The van der Waals surface area contributed by atoms with Gasteiger partial charge in [-0.05, 0) is 28.1 Å². The second-order valence-corrected chi connectivity index (χ2v) is 7.48. The molecule has 1 aromatic carbocycles. The fourth-order valence-electron chi connectivity index (χ4n) is 2.45. The molecule has 0 aliphatic carbocycles. The Bertz CT molecular complexity index is 752. The highest BCUT2D eigenvalue weighted by molar-refractivity contribution is 9.10. The Morgan fingerprint density at radius 1 is 1.50 bits per heavy atom. The third-order valence-electron chi connectivity index (χ3n) is 3.23. The zero-order chi connectivity index (χ0) is 16.7. The summed E-state index contributed by atoms with van der Waals surface area (Å²) >= 11 is 3.01. The summed E-state index contributed by atoms with van der Waals surface area (Å²) in [7, 11) is -3.78. The van der Waals surface area contributed by atoms with E-state index in [4.69, 9.17) is 5.14 Å². The van der Waals surface area contributed by atoms with Crippen LogP contribution in [-0.2, 0) is 14.8 Å². The number of sulfonamides is 1. The number of benzene rings is 1. The number of nitrogens with two attached hydrogens (primary N) is 1. The van der Waals surface area contributed by atoms with E-state index in [1.165, 1.54) is 6.07 Å². The molecule has 1 atom stereocenters. The number of anilines is 1. The molecule has 1 unspecified atom stereocenters. The molecule has 0 saturated carbocycles. The minimum atomic E-state index is -3.78. The van der Waals surface area contributed by atoms with Crippen molar-refractivity contribution in [2.24, 2.45) is 11.1 Å². The van der Waals surface area contributed by atoms with Crippen LogP contribution < -0.4 is 10.0 Å². The van der Waals surface area contributed by atoms with Gasteiger partial charge < -0.3 is 10.0 Å². The van der Waals surface area contributed by atoms with Crippen LogP contribution in [0.1, 0.15) is 16.8 Å². The van der Waals surface area contributed by atoms with Crippen LogP contribution >= 0.6 is 15.9 Å². The van der Waals surface area contributed by atoms with Crippen molar-refractivity contribution in [2.45, 2.75) is 6.42 Å². The maximum Gasteiger partial charge on any atom is 0.339 e. The smallest absolute Gasteiger partial charge is 0.339 e. The Kier molecular flexibility index (Phi) is 4.54. The molecule has 1 amide bonds. The Morgan fingerprint density at radius 3 is 2.68 bits per heavy atom. The van der Waals surface area contributed by atoms with E-state index in [-0.39, 0.29) is 28.7 Å². The number of primary sulfonamides is 1. The summed E-state index contributed by atoms with van der Waals surface area (Å²) in [4.78, 5) is 24.3. The van der Waals surface area contributed by atoms with Crippen molar-refractivity contribution in [3.05, 3.63) is 28.0 Å². The molecule has 0 radical (unpaired) electrons. The lowest BCUT2D eigenvalue weighted by Gasteiger charge is -2.20. The summed E-state index contributed by atoms with van der Waals surface area (Å²) in [6.45, 7) is -0.108. The lowest BCUT2D eigenvalue weighted by molar-refractivity contribution is -0.117. The first-order valence-electron chi connectivity index (χ1n) is 6.12. The Balaban J connectivity index is 2.43. The molecule has 7 nitrogen and oxygen atoms in total. The summed E-state index contributed by atoms with van der Waals surface area (Å²) in [5.41, 5.74) is -0.756. The molecule has 1 saturated heterocycles. The average Bonchev–Trinajstić information content (AvgIpc) is 2.69. The molecule has 120 valence electrons. The standard InChI is InChI=1S/C12H12BrFN2O5S/c13-7-1-2-8(14)11(10(7)12(18)19)16-4-6(3-9(16)17)5-22(15,20)21/h1-2,6H,3-5H2,(H,18,19)(H2,15,20,21). The van der Waals surface area contributed by atoms with Crippen LogP contribution in [0.3, 0.4) is 0 Å². The van der Waals surface area contributed by atoms with Crippen LogP contribution in [0, 0.1) is 11.7 Å². The number of hydrogen-bond donors (Lipinski definition) is 2. The maximum atomic E-state index is 14.1. The first-order valence-corrected chi connectivity index (χ1v) is 8.63. The monoisotopic (exact) mass is 394 g/mol. The van der Waals surface area contributed by atoms with Gasteiger partial charge in [0.2, 0.25) is 15.9 Å². The number of carboxylic acid groups (broad SMARTS) is 1. The third-order valence-corrected chi connectivity index (χ3v) is 4.83. The first-order chi connectivity index (χ1) is 10.1. The topological polar surface area (TPSA) is 118 Å². The van der Waals surface area contributed by atoms with Crippen molar-refractivity contribution in [3.8, 4) is 0 Å². The number of amides is 1. The molecule has 0 spiro atoms. The molecule has 1 heterocycles. The molecular weight excluding hydrogens is 383 g/mol. The largest absolute Gasteiger partial charge is 0.478 e. The van der Waals surface area contributed by atoms with E-state index in [2.05, 4.69) is 15.9 Å². The number of hydrogen-bond acceptors (Lipinski definition) is 4. The lowest BCUT2D eigenvalue weighted by atomic mass is 10.1. The average molecular weight is 395 g/mol. The highest BCUT2D eigenvalue weighted by Gasteiger charge is 2.36. The van der Waals surface area contributed by atoms with E-state index in [0.717, 1.165) is 11.0 Å². The zero-order valence-corrected chi connectivity index (χ0v) is 13.5. The summed E-state index contributed by atoms with van der Waals surface area (Å²) in [6, 6.07) is 2.26. The van der Waals surface area contributed by atoms with Crippen molar-refractivity contribution in [1.82, 2.24) is 0 Å². The third kappa shape index (κ3) is 3.45. The van der Waals surface area contributed by atoms with Crippen LogP contribution in [0.4, 0.5) is 10.1 Å². The van der Waals surface area contributed by atoms with Gasteiger partial charge in [-0.15, -0.1) is 0 Å². The predicted octanol–water partition coefficient (Wildman–Crippen LogP) is 0.928.